The first-order valence-corrected chi connectivity index (χ1v) is 8.54. The molecule has 0 unspecified atom stereocenters. The number of methoxy groups -OCH3 is 2. The molecule has 0 amide bonds. The van der Waals surface area contributed by atoms with Crippen molar-refractivity contribution in [2.75, 3.05) is 57.9 Å². The molecule has 0 radical (unpaired) electrons. The van der Waals surface area contributed by atoms with Crippen LogP contribution in [0.15, 0.2) is 4.90 Å². The van der Waals surface area contributed by atoms with Crippen molar-refractivity contribution in [3.63, 3.8) is 0 Å². The highest BCUT2D eigenvalue weighted by atomic mass is 32.2. The first-order valence-electron chi connectivity index (χ1n) is 6.50. The van der Waals surface area contributed by atoms with E-state index < -0.39 is 5.97 Å². The largest absolute Gasteiger partial charge is 0.465 e. The van der Waals surface area contributed by atoms with Gasteiger partial charge in [0, 0.05) is 20.3 Å². The number of thioether (sulfide) groups is 1. The second-order valence-corrected chi connectivity index (χ2v) is 5.92. The SMILES string of the molecule is COCCOCCCNc1sc(C(=O)OC)c(N)c1SC. The van der Waals surface area contributed by atoms with Crippen molar-refractivity contribution in [3.8, 4) is 0 Å². The summed E-state index contributed by atoms with van der Waals surface area (Å²) in [5.41, 5.74) is 6.47. The lowest BCUT2D eigenvalue weighted by Gasteiger charge is -2.07. The molecular weight excluding hydrogens is 312 g/mol. The van der Waals surface area contributed by atoms with E-state index in [0.717, 1.165) is 22.9 Å². The Morgan fingerprint density at radius 1 is 1.33 bits per heavy atom. The molecule has 8 heteroatoms. The minimum Gasteiger partial charge on any atom is -0.465 e. The predicted molar refractivity (Wildman–Crippen MR) is 87.7 cm³/mol. The van der Waals surface area contributed by atoms with Gasteiger partial charge < -0.3 is 25.3 Å². The molecule has 0 bridgehead atoms. The number of hydrogen-bond acceptors (Lipinski definition) is 8. The average Bonchev–Trinajstić information content (AvgIpc) is 2.81. The van der Waals surface area contributed by atoms with Crippen molar-refractivity contribution in [1.82, 2.24) is 0 Å². The van der Waals surface area contributed by atoms with Gasteiger partial charge in [-0.15, -0.1) is 23.1 Å². The first kappa shape index (κ1) is 18.1. The van der Waals surface area contributed by atoms with Crippen molar-refractivity contribution in [3.05, 3.63) is 4.88 Å². The minimum absolute atomic E-state index is 0.399. The zero-order valence-electron chi connectivity index (χ0n) is 12.6. The van der Waals surface area contributed by atoms with Crippen LogP contribution >= 0.6 is 23.1 Å². The second kappa shape index (κ2) is 9.88. The third-order valence-electron chi connectivity index (χ3n) is 2.66. The number of nitrogen functional groups attached to an aromatic ring is 1. The summed E-state index contributed by atoms with van der Waals surface area (Å²) in [6.45, 7) is 2.62. The average molecular weight is 334 g/mol. The normalized spacial score (nSPS) is 10.6. The molecule has 0 saturated heterocycles. The van der Waals surface area contributed by atoms with E-state index in [1.807, 2.05) is 6.26 Å². The van der Waals surface area contributed by atoms with Crippen LogP contribution in [0.4, 0.5) is 10.7 Å². The number of nitrogens with one attached hydrogen (secondary N) is 1. The fourth-order valence-corrected chi connectivity index (χ4v) is 3.59. The van der Waals surface area contributed by atoms with Crippen LogP contribution in [-0.2, 0) is 14.2 Å². The van der Waals surface area contributed by atoms with Crippen LogP contribution in [0.2, 0.25) is 0 Å². The highest BCUT2D eigenvalue weighted by Crippen LogP contribution is 2.41. The summed E-state index contributed by atoms with van der Waals surface area (Å²) in [6, 6.07) is 0. The molecule has 0 fully saturated rings. The number of thiophene rings is 1. The van der Waals surface area contributed by atoms with E-state index in [0.29, 0.717) is 30.4 Å². The topological polar surface area (TPSA) is 82.8 Å². The Bertz CT molecular complexity index is 452. The third kappa shape index (κ3) is 5.39. The van der Waals surface area contributed by atoms with Crippen LogP contribution in [0, 0.1) is 0 Å². The van der Waals surface area contributed by atoms with Crippen molar-refractivity contribution >= 4 is 39.8 Å². The van der Waals surface area contributed by atoms with Gasteiger partial charge in [-0.1, -0.05) is 0 Å². The number of esters is 1. The molecule has 0 atom stereocenters. The third-order valence-corrected chi connectivity index (χ3v) is 4.76. The zero-order valence-corrected chi connectivity index (χ0v) is 14.2. The molecule has 0 saturated carbocycles. The summed E-state index contributed by atoms with van der Waals surface area (Å²) in [5.74, 6) is -0.399. The van der Waals surface area contributed by atoms with Gasteiger partial charge in [-0.25, -0.2) is 4.79 Å². The second-order valence-electron chi connectivity index (χ2n) is 4.08. The Balaban J connectivity index is 2.49. The van der Waals surface area contributed by atoms with Crippen LogP contribution in [0.25, 0.3) is 0 Å². The van der Waals surface area contributed by atoms with Gasteiger partial charge in [0.1, 0.15) is 9.88 Å². The lowest BCUT2D eigenvalue weighted by Crippen LogP contribution is -2.08. The Morgan fingerprint density at radius 3 is 2.71 bits per heavy atom. The lowest BCUT2D eigenvalue weighted by molar-refractivity contribution is 0.0607. The standard InChI is InChI=1S/C13H22N2O4S2/c1-17-7-8-19-6-4-5-15-12-10(20-3)9(14)11(21-12)13(16)18-2/h15H,4-8,14H2,1-3H3. The molecule has 0 aliphatic heterocycles. The number of carbonyl (C=O) groups is 1. The maximum absolute atomic E-state index is 11.6. The Kier molecular flexibility index (Phi) is 8.51. The molecule has 0 spiro atoms. The molecule has 1 rings (SSSR count). The van der Waals surface area contributed by atoms with Gasteiger partial charge in [0.2, 0.25) is 0 Å². The quantitative estimate of drug-likeness (QED) is 0.386. The van der Waals surface area contributed by atoms with E-state index >= 15 is 0 Å². The Hall–Kier alpha value is -0.960. The molecule has 21 heavy (non-hydrogen) atoms. The highest BCUT2D eigenvalue weighted by molar-refractivity contribution is 7.99. The summed E-state index contributed by atoms with van der Waals surface area (Å²) < 4.78 is 15.0. The van der Waals surface area contributed by atoms with Crippen LogP contribution in [0.3, 0.4) is 0 Å². The van der Waals surface area contributed by atoms with Crippen molar-refractivity contribution in [2.24, 2.45) is 0 Å². The molecule has 0 aliphatic carbocycles. The molecule has 6 nitrogen and oxygen atoms in total. The van der Waals surface area contributed by atoms with Gasteiger partial charge in [0.25, 0.3) is 0 Å². The van der Waals surface area contributed by atoms with Crippen molar-refractivity contribution < 1.29 is 19.0 Å². The number of hydrogen-bond donors (Lipinski definition) is 2. The molecule has 1 heterocycles. The van der Waals surface area contributed by atoms with Gasteiger partial charge in [0.15, 0.2) is 0 Å². The molecule has 0 aromatic carbocycles. The van der Waals surface area contributed by atoms with Gasteiger partial charge in [-0.2, -0.15) is 0 Å². The van der Waals surface area contributed by atoms with E-state index in [1.54, 1.807) is 7.11 Å². The van der Waals surface area contributed by atoms with Gasteiger partial charge >= 0.3 is 5.97 Å². The number of rotatable bonds is 10. The molecule has 1 aromatic heterocycles. The Labute approximate surface area is 133 Å². The fourth-order valence-electron chi connectivity index (χ4n) is 1.61. The van der Waals surface area contributed by atoms with Gasteiger partial charge in [0.05, 0.1) is 30.9 Å². The highest BCUT2D eigenvalue weighted by Gasteiger charge is 2.20. The van der Waals surface area contributed by atoms with E-state index in [1.165, 1.54) is 30.2 Å². The summed E-state index contributed by atoms with van der Waals surface area (Å²) in [7, 11) is 3.00. The zero-order chi connectivity index (χ0) is 15.7. The molecule has 0 aliphatic rings. The predicted octanol–water partition coefficient (Wildman–Crippen LogP) is 2.30. The smallest absolute Gasteiger partial charge is 0.350 e. The fraction of sp³-hybridized carbons (Fsp3) is 0.615. The van der Waals surface area contributed by atoms with Crippen molar-refractivity contribution in [1.29, 1.82) is 0 Å². The van der Waals surface area contributed by atoms with E-state index in [4.69, 9.17) is 19.9 Å². The monoisotopic (exact) mass is 334 g/mol. The van der Waals surface area contributed by atoms with Crippen molar-refractivity contribution in [2.45, 2.75) is 11.3 Å². The van der Waals surface area contributed by atoms with Crippen LogP contribution in [0.5, 0.6) is 0 Å². The van der Waals surface area contributed by atoms with E-state index in [9.17, 15) is 4.79 Å². The van der Waals surface area contributed by atoms with Crippen LogP contribution in [0.1, 0.15) is 16.1 Å². The lowest BCUT2D eigenvalue weighted by atomic mass is 10.4. The Morgan fingerprint density at radius 2 is 2.10 bits per heavy atom. The summed E-state index contributed by atoms with van der Waals surface area (Å²) in [6.07, 6.45) is 2.79. The molecule has 1 aromatic rings. The van der Waals surface area contributed by atoms with Crippen LogP contribution < -0.4 is 11.1 Å². The molecular formula is C13H22N2O4S2. The maximum atomic E-state index is 11.6. The van der Waals surface area contributed by atoms with Gasteiger partial charge in [-0.05, 0) is 12.7 Å². The molecule has 3 N–H and O–H groups in total. The minimum atomic E-state index is -0.399. The summed E-state index contributed by atoms with van der Waals surface area (Å²) in [5, 5.41) is 4.19. The molecule has 120 valence electrons. The van der Waals surface area contributed by atoms with E-state index in [-0.39, 0.29) is 0 Å². The summed E-state index contributed by atoms with van der Waals surface area (Å²) in [4.78, 5) is 13.0. The number of anilines is 2. The van der Waals surface area contributed by atoms with Gasteiger partial charge in [-0.3, -0.25) is 0 Å². The number of ether oxygens (including phenoxy) is 3. The van der Waals surface area contributed by atoms with E-state index in [2.05, 4.69) is 5.32 Å². The van der Waals surface area contributed by atoms with Crippen LogP contribution in [-0.4, -0.2) is 52.8 Å². The number of carbonyl (C=O) groups excluding carboxylic acids is 1. The summed E-state index contributed by atoms with van der Waals surface area (Å²) >= 11 is 2.84. The first-order chi connectivity index (χ1) is 10.2. The number of nitrogens with two attached hydrogens (primary N) is 1. The maximum Gasteiger partial charge on any atom is 0.350 e.